The van der Waals surface area contributed by atoms with Gasteiger partial charge in [0.05, 0.1) is 0 Å². The van der Waals surface area contributed by atoms with Crippen LogP contribution in [-0.2, 0) is 0 Å². The summed E-state index contributed by atoms with van der Waals surface area (Å²) in [4.78, 5) is 2.42. The van der Waals surface area contributed by atoms with Crippen LogP contribution >= 0.6 is 0 Å². The van der Waals surface area contributed by atoms with Gasteiger partial charge in [0.1, 0.15) is 5.76 Å². The number of nitrogens with zero attached hydrogens (tertiary/aromatic N) is 1. The fraction of sp³-hybridized carbons (Fsp3) is 0.667. The minimum absolute atomic E-state index is 0.636. The number of rotatable bonds is 4. The fourth-order valence-electron chi connectivity index (χ4n) is 2.08. The zero-order valence-electron chi connectivity index (χ0n) is 10.1. The van der Waals surface area contributed by atoms with E-state index in [4.69, 9.17) is 4.42 Å². The zero-order valence-corrected chi connectivity index (χ0v) is 10.1. The molecule has 4 heteroatoms. The Morgan fingerprint density at radius 2 is 2.44 bits per heavy atom. The van der Waals surface area contributed by atoms with Crippen LogP contribution in [0, 0.1) is 6.92 Å². The Balaban J connectivity index is 1.71. The summed E-state index contributed by atoms with van der Waals surface area (Å²) in [6, 6.07) is 4.60. The van der Waals surface area contributed by atoms with Gasteiger partial charge in [-0.05, 0) is 26.5 Å². The maximum absolute atomic E-state index is 5.46. The van der Waals surface area contributed by atoms with Gasteiger partial charge >= 0.3 is 0 Å². The highest BCUT2D eigenvalue weighted by Crippen LogP contribution is 2.12. The van der Waals surface area contributed by atoms with Gasteiger partial charge in [0.25, 0.3) is 0 Å². The van der Waals surface area contributed by atoms with Crippen molar-refractivity contribution in [3.05, 3.63) is 17.9 Å². The van der Waals surface area contributed by atoms with E-state index < -0.39 is 0 Å². The van der Waals surface area contributed by atoms with E-state index in [2.05, 4.69) is 22.6 Å². The van der Waals surface area contributed by atoms with Crippen LogP contribution in [0.1, 0.15) is 12.2 Å². The lowest BCUT2D eigenvalue weighted by Crippen LogP contribution is -2.49. The summed E-state index contributed by atoms with van der Waals surface area (Å²) in [5.41, 5.74) is 0. The first-order valence-corrected chi connectivity index (χ1v) is 5.97. The number of aryl methyl sites for hydroxylation is 1. The summed E-state index contributed by atoms with van der Waals surface area (Å²) in [5, 5.41) is 6.74. The Labute approximate surface area is 97.0 Å². The molecule has 1 aromatic rings. The molecule has 1 aromatic heterocycles. The number of nitrogens with one attached hydrogen (secondary N) is 2. The second kappa shape index (κ2) is 5.37. The summed E-state index contributed by atoms with van der Waals surface area (Å²) in [6.45, 7) is 6.27. The van der Waals surface area contributed by atoms with Crippen molar-refractivity contribution in [3.8, 4) is 0 Å². The minimum atomic E-state index is 0.636. The van der Waals surface area contributed by atoms with Crippen molar-refractivity contribution < 1.29 is 4.42 Å². The molecule has 0 aromatic carbocycles. The summed E-state index contributed by atoms with van der Waals surface area (Å²) in [5.74, 6) is 1.84. The molecule has 1 atom stereocenters. The average Bonchev–Trinajstić information content (AvgIpc) is 2.67. The van der Waals surface area contributed by atoms with Crippen LogP contribution in [0.4, 0.5) is 5.88 Å². The van der Waals surface area contributed by atoms with E-state index in [-0.39, 0.29) is 0 Å². The smallest absolute Gasteiger partial charge is 0.193 e. The van der Waals surface area contributed by atoms with Crippen LogP contribution in [0.25, 0.3) is 0 Å². The number of hydrogen-bond donors (Lipinski definition) is 2. The van der Waals surface area contributed by atoms with Crippen molar-refractivity contribution >= 4 is 5.88 Å². The topological polar surface area (TPSA) is 40.4 Å². The van der Waals surface area contributed by atoms with Gasteiger partial charge in [0.2, 0.25) is 0 Å². The van der Waals surface area contributed by atoms with Gasteiger partial charge < -0.3 is 20.0 Å². The lowest BCUT2D eigenvalue weighted by Gasteiger charge is -2.33. The predicted molar refractivity (Wildman–Crippen MR) is 65.8 cm³/mol. The molecule has 90 valence electrons. The Kier molecular flexibility index (Phi) is 3.85. The van der Waals surface area contributed by atoms with Crippen LogP contribution in [0.15, 0.2) is 16.5 Å². The average molecular weight is 223 g/mol. The molecule has 0 aliphatic carbocycles. The number of anilines is 1. The highest BCUT2D eigenvalue weighted by molar-refractivity contribution is 5.31. The number of hydrogen-bond acceptors (Lipinski definition) is 4. The Hall–Kier alpha value is -1.00. The van der Waals surface area contributed by atoms with E-state index in [0.717, 1.165) is 44.2 Å². The lowest BCUT2D eigenvalue weighted by molar-refractivity contribution is 0.193. The van der Waals surface area contributed by atoms with E-state index in [0.29, 0.717) is 6.04 Å². The van der Waals surface area contributed by atoms with Crippen molar-refractivity contribution in [2.75, 3.05) is 38.5 Å². The standard InChI is InChI=1S/C12H21N3O/c1-10-3-4-12(16-10)14-6-5-11-9-13-7-8-15(11)2/h3-4,11,13-14H,5-9H2,1-2H3. The third-order valence-electron chi connectivity index (χ3n) is 3.16. The highest BCUT2D eigenvalue weighted by atomic mass is 16.4. The molecule has 1 saturated heterocycles. The van der Waals surface area contributed by atoms with Crippen molar-refractivity contribution in [2.24, 2.45) is 0 Å². The summed E-state index contributed by atoms with van der Waals surface area (Å²) in [7, 11) is 2.20. The molecule has 0 amide bonds. The molecule has 4 nitrogen and oxygen atoms in total. The normalized spacial score (nSPS) is 22.2. The molecular formula is C12H21N3O. The van der Waals surface area contributed by atoms with Crippen molar-refractivity contribution in [3.63, 3.8) is 0 Å². The zero-order chi connectivity index (χ0) is 11.4. The monoisotopic (exact) mass is 223 g/mol. The SMILES string of the molecule is Cc1ccc(NCCC2CNCCN2C)o1. The number of piperazine rings is 1. The van der Waals surface area contributed by atoms with Crippen molar-refractivity contribution in [1.82, 2.24) is 10.2 Å². The first-order chi connectivity index (χ1) is 7.75. The maximum atomic E-state index is 5.46. The van der Waals surface area contributed by atoms with Crippen LogP contribution in [0.3, 0.4) is 0 Å². The van der Waals surface area contributed by atoms with Gasteiger partial charge in [-0.15, -0.1) is 0 Å². The molecule has 2 heterocycles. The Morgan fingerprint density at radius 3 is 3.12 bits per heavy atom. The molecular weight excluding hydrogens is 202 g/mol. The van der Waals surface area contributed by atoms with Crippen LogP contribution < -0.4 is 10.6 Å². The summed E-state index contributed by atoms with van der Waals surface area (Å²) in [6.07, 6.45) is 1.14. The molecule has 16 heavy (non-hydrogen) atoms. The van der Waals surface area contributed by atoms with Crippen molar-refractivity contribution in [1.29, 1.82) is 0 Å². The van der Waals surface area contributed by atoms with E-state index >= 15 is 0 Å². The minimum Gasteiger partial charge on any atom is -0.446 e. The molecule has 2 rings (SSSR count). The molecule has 0 spiro atoms. The molecule has 0 radical (unpaired) electrons. The summed E-state index contributed by atoms with van der Waals surface area (Å²) < 4.78 is 5.46. The highest BCUT2D eigenvalue weighted by Gasteiger charge is 2.17. The molecule has 2 N–H and O–H groups in total. The molecule has 1 aliphatic heterocycles. The second-order valence-electron chi connectivity index (χ2n) is 4.46. The van der Waals surface area contributed by atoms with Crippen molar-refractivity contribution in [2.45, 2.75) is 19.4 Å². The summed E-state index contributed by atoms with van der Waals surface area (Å²) >= 11 is 0. The third kappa shape index (κ3) is 3.00. The van der Waals surface area contributed by atoms with Gasteiger partial charge in [-0.2, -0.15) is 0 Å². The van der Waals surface area contributed by atoms with E-state index in [1.807, 2.05) is 19.1 Å². The molecule has 0 saturated carbocycles. The third-order valence-corrected chi connectivity index (χ3v) is 3.16. The molecule has 0 bridgehead atoms. The second-order valence-corrected chi connectivity index (χ2v) is 4.46. The Morgan fingerprint density at radius 1 is 1.56 bits per heavy atom. The Bertz CT molecular complexity index is 324. The van der Waals surface area contributed by atoms with E-state index in [1.54, 1.807) is 0 Å². The van der Waals surface area contributed by atoms with Crippen LogP contribution in [0.5, 0.6) is 0 Å². The van der Waals surface area contributed by atoms with Gasteiger partial charge in [0.15, 0.2) is 5.88 Å². The largest absolute Gasteiger partial charge is 0.446 e. The number of likely N-dealkylation sites (N-methyl/N-ethyl adjacent to an activating group) is 1. The van der Waals surface area contributed by atoms with Gasteiger partial charge in [0, 0.05) is 38.3 Å². The fourth-order valence-corrected chi connectivity index (χ4v) is 2.08. The van der Waals surface area contributed by atoms with Gasteiger partial charge in [-0.25, -0.2) is 0 Å². The van der Waals surface area contributed by atoms with Crippen LogP contribution in [0.2, 0.25) is 0 Å². The predicted octanol–water partition coefficient (Wildman–Crippen LogP) is 1.29. The quantitative estimate of drug-likeness (QED) is 0.807. The lowest BCUT2D eigenvalue weighted by atomic mass is 10.1. The van der Waals surface area contributed by atoms with Crippen LogP contribution in [-0.4, -0.2) is 44.2 Å². The molecule has 1 unspecified atom stereocenters. The first kappa shape index (κ1) is 11.5. The van der Waals surface area contributed by atoms with E-state index in [9.17, 15) is 0 Å². The van der Waals surface area contributed by atoms with Gasteiger partial charge in [-0.1, -0.05) is 0 Å². The number of furan rings is 1. The van der Waals surface area contributed by atoms with Gasteiger partial charge in [-0.3, -0.25) is 0 Å². The molecule has 1 aliphatic rings. The maximum Gasteiger partial charge on any atom is 0.193 e. The first-order valence-electron chi connectivity index (χ1n) is 5.97. The molecule has 1 fully saturated rings. The van der Waals surface area contributed by atoms with E-state index in [1.165, 1.54) is 0 Å².